The second-order valence-corrected chi connectivity index (χ2v) is 12.1. The third-order valence-corrected chi connectivity index (χ3v) is 9.27. The highest BCUT2D eigenvalue weighted by molar-refractivity contribution is 8.01. The maximum absolute atomic E-state index is 12.8. The lowest BCUT2D eigenvalue weighted by atomic mass is 10.2. The highest BCUT2D eigenvalue weighted by Gasteiger charge is 2.17. The molecule has 0 bridgehead atoms. The number of para-hydroxylation sites is 1. The van der Waals surface area contributed by atoms with Gasteiger partial charge in [0.2, 0.25) is 5.91 Å². The molecule has 2 heterocycles. The topological polar surface area (TPSA) is 101 Å². The molecule has 0 saturated carbocycles. The Morgan fingerprint density at radius 2 is 1.66 bits per heavy atom. The minimum atomic E-state index is -3.81. The van der Waals surface area contributed by atoms with Gasteiger partial charge in [0.05, 0.1) is 26.6 Å². The SMILES string of the molecule is O=C(CSc1nc2ccccc2s1)Nc1ccc(S(=O)(=O)Nc2nc(-c3ccccc3)cs2)cc1. The van der Waals surface area contributed by atoms with Crippen molar-refractivity contribution in [3.05, 3.63) is 84.2 Å². The van der Waals surface area contributed by atoms with Gasteiger partial charge in [-0.2, -0.15) is 0 Å². The van der Waals surface area contributed by atoms with Crippen LogP contribution in [0.5, 0.6) is 0 Å². The molecule has 2 aromatic heterocycles. The van der Waals surface area contributed by atoms with Gasteiger partial charge in [0.15, 0.2) is 9.47 Å². The molecule has 0 fully saturated rings. The van der Waals surface area contributed by atoms with Gasteiger partial charge in [-0.25, -0.2) is 18.4 Å². The van der Waals surface area contributed by atoms with Crippen LogP contribution in [0.3, 0.4) is 0 Å². The van der Waals surface area contributed by atoms with Gasteiger partial charge in [0.25, 0.3) is 10.0 Å². The first-order valence-electron chi connectivity index (χ1n) is 10.4. The first kappa shape index (κ1) is 23.5. The maximum atomic E-state index is 12.8. The van der Waals surface area contributed by atoms with Crippen LogP contribution in [-0.2, 0) is 14.8 Å². The summed E-state index contributed by atoms with van der Waals surface area (Å²) in [5.74, 6) is 0.00842. The number of carbonyl (C=O) groups excluding carboxylic acids is 1. The highest BCUT2D eigenvalue weighted by atomic mass is 32.2. The lowest BCUT2D eigenvalue weighted by molar-refractivity contribution is -0.113. The Labute approximate surface area is 214 Å². The summed E-state index contributed by atoms with van der Waals surface area (Å²) in [6.45, 7) is 0. The Balaban J connectivity index is 1.18. The van der Waals surface area contributed by atoms with Gasteiger partial charge in [-0.1, -0.05) is 54.2 Å². The fourth-order valence-electron chi connectivity index (χ4n) is 3.19. The van der Waals surface area contributed by atoms with E-state index in [-0.39, 0.29) is 21.7 Å². The summed E-state index contributed by atoms with van der Waals surface area (Å²) in [6, 6.07) is 23.4. The average molecular weight is 539 g/mol. The number of fused-ring (bicyclic) bond motifs is 1. The maximum Gasteiger partial charge on any atom is 0.263 e. The van der Waals surface area contributed by atoms with Gasteiger partial charge in [-0.15, -0.1) is 22.7 Å². The predicted molar refractivity (Wildman–Crippen MR) is 144 cm³/mol. The Kier molecular flexibility index (Phi) is 6.82. The summed E-state index contributed by atoms with van der Waals surface area (Å²) in [5.41, 5.74) is 3.05. The summed E-state index contributed by atoms with van der Waals surface area (Å²) in [5, 5.41) is 4.88. The molecule has 5 aromatic rings. The molecule has 0 atom stereocenters. The van der Waals surface area contributed by atoms with E-state index in [4.69, 9.17) is 0 Å². The summed E-state index contributed by atoms with van der Waals surface area (Å²) < 4.78 is 30.0. The van der Waals surface area contributed by atoms with Crippen LogP contribution < -0.4 is 10.0 Å². The van der Waals surface area contributed by atoms with E-state index in [9.17, 15) is 13.2 Å². The van der Waals surface area contributed by atoms with Crippen molar-refractivity contribution in [1.29, 1.82) is 0 Å². The smallest absolute Gasteiger partial charge is 0.263 e. The third kappa shape index (κ3) is 5.70. The third-order valence-electron chi connectivity index (χ3n) is 4.84. The number of nitrogens with zero attached hydrogens (tertiary/aromatic N) is 2. The van der Waals surface area contributed by atoms with Gasteiger partial charge in [0.1, 0.15) is 0 Å². The standard InChI is InChI=1S/C24H18N4O3S4/c29-22(15-33-24-27-19-8-4-5-9-21(19)34-24)25-17-10-12-18(13-11-17)35(30,31)28-23-26-20(14-32-23)16-6-2-1-3-7-16/h1-14H,15H2,(H,25,29)(H,26,28). The van der Waals surface area contributed by atoms with E-state index < -0.39 is 10.0 Å². The van der Waals surface area contributed by atoms with E-state index in [1.807, 2.05) is 54.6 Å². The van der Waals surface area contributed by atoms with Crippen LogP contribution in [-0.4, -0.2) is 30.0 Å². The number of rotatable bonds is 8. The molecule has 176 valence electrons. The second kappa shape index (κ2) is 10.2. The fraction of sp³-hybridized carbons (Fsp3) is 0.0417. The van der Waals surface area contributed by atoms with Crippen molar-refractivity contribution in [3.63, 3.8) is 0 Å². The van der Waals surface area contributed by atoms with E-state index >= 15 is 0 Å². The fourth-order valence-corrected chi connectivity index (χ4v) is 7.03. The largest absolute Gasteiger partial charge is 0.325 e. The number of benzene rings is 3. The van der Waals surface area contributed by atoms with Crippen LogP contribution >= 0.6 is 34.4 Å². The molecule has 35 heavy (non-hydrogen) atoms. The molecule has 0 unspecified atom stereocenters. The number of hydrogen-bond acceptors (Lipinski definition) is 8. The van der Waals surface area contributed by atoms with Crippen LogP contribution in [0, 0.1) is 0 Å². The Hall–Kier alpha value is -3.25. The second-order valence-electron chi connectivity index (χ2n) is 7.32. The molecule has 0 spiro atoms. The van der Waals surface area contributed by atoms with Crippen molar-refractivity contribution >= 4 is 71.4 Å². The number of thiazole rings is 2. The summed E-state index contributed by atoms with van der Waals surface area (Å²) in [4.78, 5) is 21.3. The van der Waals surface area contributed by atoms with Gasteiger partial charge < -0.3 is 5.32 Å². The molecule has 0 saturated heterocycles. The van der Waals surface area contributed by atoms with Crippen molar-refractivity contribution in [3.8, 4) is 11.3 Å². The molecule has 2 N–H and O–H groups in total. The predicted octanol–water partition coefficient (Wildman–Crippen LogP) is 5.95. The van der Waals surface area contributed by atoms with Crippen molar-refractivity contribution in [2.24, 2.45) is 0 Å². The zero-order valence-electron chi connectivity index (χ0n) is 18.0. The molecule has 11 heteroatoms. The van der Waals surface area contributed by atoms with Crippen LogP contribution in [0.2, 0.25) is 0 Å². The first-order chi connectivity index (χ1) is 17.0. The van der Waals surface area contributed by atoms with Crippen molar-refractivity contribution < 1.29 is 13.2 Å². The first-order valence-corrected chi connectivity index (χ1v) is 14.5. The van der Waals surface area contributed by atoms with Crippen molar-refractivity contribution in [2.45, 2.75) is 9.24 Å². The number of sulfonamides is 1. The zero-order chi connectivity index (χ0) is 24.3. The zero-order valence-corrected chi connectivity index (χ0v) is 21.3. The van der Waals surface area contributed by atoms with Crippen LogP contribution in [0.1, 0.15) is 0 Å². The van der Waals surface area contributed by atoms with Gasteiger partial charge in [-0.05, 0) is 36.4 Å². The molecular formula is C24H18N4O3S4. The highest BCUT2D eigenvalue weighted by Crippen LogP contribution is 2.30. The minimum absolute atomic E-state index is 0.0795. The van der Waals surface area contributed by atoms with E-state index in [1.54, 1.807) is 28.8 Å². The lowest BCUT2D eigenvalue weighted by Gasteiger charge is -2.08. The van der Waals surface area contributed by atoms with Crippen molar-refractivity contribution in [1.82, 2.24) is 9.97 Å². The lowest BCUT2D eigenvalue weighted by Crippen LogP contribution is -2.15. The molecule has 5 rings (SSSR count). The molecule has 0 radical (unpaired) electrons. The van der Waals surface area contributed by atoms with Gasteiger partial charge in [-0.3, -0.25) is 9.52 Å². The number of thioether (sulfide) groups is 1. The van der Waals surface area contributed by atoms with E-state index in [0.29, 0.717) is 11.4 Å². The summed E-state index contributed by atoms with van der Waals surface area (Å²) in [7, 11) is -3.81. The number of nitrogens with one attached hydrogen (secondary N) is 2. The van der Waals surface area contributed by atoms with E-state index in [0.717, 1.165) is 20.1 Å². The van der Waals surface area contributed by atoms with Crippen LogP contribution in [0.25, 0.3) is 21.5 Å². The van der Waals surface area contributed by atoms with Crippen molar-refractivity contribution in [2.75, 3.05) is 15.8 Å². The van der Waals surface area contributed by atoms with Crippen LogP contribution in [0.4, 0.5) is 10.8 Å². The Bertz CT molecular complexity index is 1550. The number of amides is 1. The van der Waals surface area contributed by atoms with Gasteiger partial charge in [0, 0.05) is 16.6 Å². The van der Waals surface area contributed by atoms with E-state index in [1.165, 1.54) is 35.2 Å². The quantitative estimate of drug-likeness (QED) is 0.237. The summed E-state index contributed by atoms with van der Waals surface area (Å²) in [6.07, 6.45) is 0. The summed E-state index contributed by atoms with van der Waals surface area (Å²) >= 11 is 4.13. The molecule has 7 nitrogen and oxygen atoms in total. The number of aromatic nitrogens is 2. The molecule has 0 aliphatic heterocycles. The molecule has 3 aromatic carbocycles. The molecule has 0 aliphatic carbocycles. The minimum Gasteiger partial charge on any atom is -0.325 e. The normalized spacial score (nSPS) is 11.4. The van der Waals surface area contributed by atoms with E-state index in [2.05, 4.69) is 20.0 Å². The molecular weight excluding hydrogens is 521 g/mol. The Morgan fingerprint density at radius 3 is 2.43 bits per heavy atom. The van der Waals surface area contributed by atoms with Crippen LogP contribution in [0.15, 0.2) is 93.5 Å². The average Bonchev–Trinajstić information content (AvgIpc) is 3.50. The molecule has 0 aliphatic rings. The number of hydrogen-bond donors (Lipinski definition) is 2. The molecule has 1 amide bonds. The Morgan fingerprint density at radius 1 is 0.914 bits per heavy atom. The number of anilines is 2. The number of carbonyl (C=O) groups is 1. The monoisotopic (exact) mass is 538 g/mol. The van der Waals surface area contributed by atoms with Gasteiger partial charge >= 0.3 is 0 Å².